The summed E-state index contributed by atoms with van der Waals surface area (Å²) in [7, 11) is 0. The normalized spacial score (nSPS) is 12.5. The molecular weight excluding hydrogens is 276 g/mol. The number of hydrogen-bond acceptors (Lipinski definition) is 4. The first-order valence-corrected chi connectivity index (χ1v) is 7.36. The molecular formula is C16H20N6. The number of aromatic amines is 1. The molecule has 114 valence electrons. The zero-order chi connectivity index (χ0) is 15.5. The maximum absolute atomic E-state index is 4.43. The third-order valence-corrected chi connectivity index (χ3v) is 3.62. The van der Waals surface area contributed by atoms with E-state index in [1.807, 2.05) is 38.2 Å². The van der Waals surface area contributed by atoms with Gasteiger partial charge in [-0.05, 0) is 32.9 Å². The van der Waals surface area contributed by atoms with Crippen LogP contribution >= 0.6 is 0 Å². The molecule has 2 heterocycles. The molecule has 1 aromatic carbocycles. The first-order valence-electron chi connectivity index (χ1n) is 7.36. The topological polar surface area (TPSA) is 71.4 Å². The number of aryl methyl sites for hydroxylation is 2. The second-order valence-corrected chi connectivity index (χ2v) is 5.35. The number of aromatic nitrogens is 5. The standard InChI is InChI=1S/C16H20N6/c1-11(16-19-12(2)20-21-16)17-9-15-10-18-13(3)22(15)14-7-5-4-6-8-14/h4-8,10-11,17H,9H2,1-3H3,(H,19,20,21). The molecule has 6 heteroatoms. The average molecular weight is 296 g/mol. The predicted molar refractivity (Wildman–Crippen MR) is 84.7 cm³/mol. The molecule has 1 atom stereocenters. The van der Waals surface area contributed by atoms with Crippen LogP contribution in [0.15, 0.2) is 36.5 Å². The van der Waals surface area contributed by atoms with Crippen LogP contribution in [0.25, 0.3) is 5.69 Å². The second kappa shape index (κ2) is 6.11. The van der Waals surface area contributed by atoms with E-state index >= 15 is 0 Å². The lowest BCUT2D eigenvalue weighted by atomic mass is 10.3. The van der Waals surface area contributed by atoms with E-state index in [1.54, 1.807) is 0 Å². The smallest absolute Gasteiger partial charge is 0.167 e. The molecule has 0 saturated heterocycles. The summed E-state index contributed by atoms with van der Waals surface area (Å²) in [6.45, 7) is 6.67. The molecule has 22 heavy (non-hydrogen) atoms. The van der Waals surface area contributed by atoms with Gasteiger partial charge in [0.2, 0.25) is 0 Å². The summed E-state index contributed by atoms with van der Waals surface area (Å²) in [5.41, 5.74) is 2.23. The molecule has 0 aliphatic rings. The van der Waals surface area contributed by atoms with Crippen molar-refractivity contribution in [1.82, 2.24) is 30.0 Å². The Bertz CT molecular complexity index is 743. The van der Waals surface area contributed by atoms with Gasteiger partial charge >= 0.3 is 0 Å². The number of imidazole rings is 1. The minimum absolute atomic E-state index is 0.0735. The van der Waals surface area contributed by atoms with Crippen LogP contribution in [0.5, 0.6) is 0 Å². The Hall–Kier alpha value is -2.47. The number of hydrogen-bond donors (Lipinski definition) is 2. The third-order valence-electron chi connectivity index (χ3n) is 3.62. The van der Waals surface area contributed by atoms with E-state index < -0.39 is 0 Å². The van der Waals surface area contributed by atoms with Gasteiger partial charge in [-0.25, -0.2) is 9.97 Å². The lowest BCUT2D eigenvalue weighted by Gasteiger charge is -2.13. The van der Waals surface area contributed by atoms with E-state index in [4.69, 9.17) is 0 Å². The van der Waals surface area contributed by atoms with Crippen LogP contribution < -0.4 is 5.32 Å². The lowest BCUT2D eigenvalue weighted by Crippen LogP contribution is -2.21. The molecule has 6 nitrogen and oxygen atoms in total. The Balaban J connectivity index is 1.76. The molecule has 0 spiro atoms. The van der Waals surface area contributed by atoms with Crippen LogP contribution in [0.1, 0.15) is 36.1 Å². The van der Waals surface area contributed by atoms with Gasteiger partial charge in [-0.1, -0.05) is 18.2 Å². The van der Waals surface area contributed by atoms with E-state index in [1.165, 1.54) is 0 Å². The molecule has 2 N–H and O–H groups in total. The largest absolute Gasteiger partial charge is 0.302 e. The molecule has 2 aromatic heterocycles. The second-order valence-electron chi connectivity index (χ2n) is 5.35. The van der Waals surface area contributed by atoms with Crippen LogP contribution in [0.2, 0.25) is 0 Å². The van der Waals surface area contributed by atoms with Gasteiger partial charge in [0.25, 0.3) is 0 Å². The van der Waals surface area contributed by atoms with Crippen molar-refractivity contribution in [3.63, 3.8) is 0 Å². The lowest BCUT2D eigenvalue weighted by molar-refractivity contribution is 0.538. The summed E-state index contributed by atoms with van der Waals surface area (Å²) >= 11 is 0. The quantitative estimate of drug-likeness (QED) is 0.758. The predicted octanol–water partition coefficient (Wildman–Crippen LogP) is 2.46. The van der Waals surface area contributed by atoms with Crippen molar-refractivity contribution >= 4 is 0 Å². The summed E-state index contributed by atoms with van der Waals surface area (Å²) in [5, 5.41) is 10.5. The maximum Gasteiger partial charge on any atom is 0.167 e. The van der Waals surface area contributed by atoms with Crippen LogP contribution in [0.3, 0.4) is 0 Å². The zero-order valence-corrected chi connectivity index (χ0v) is 13.0. The number of nitrogens with one attached hydrogen (secondary N) is 2. The molecule has 0 bridgehead atoms. The molecule has 1 unspecified atom stereocenters. The monoisotopic (exact) mass is 296 g/mol. The van der Waals surface area contributed by atoms with Gasteiger partial charge in [0.1, 0.15) is 11.6 Å². The van der Waals surface area contributed by atoms with Gasteiger partial charge in [0, 0.05) is 12.2 Å². The Kier molecular flexibility index (Phi) is 4.02. The summed E-state index contributed by atoms with van der Waals surface area (Å²) in [6.07, 6.45) is 1.91. The SMILES string of the molecule is Cc1nc(C(C)NCc2cnc(C)n2-c2ccccc2)n[nH]1. The van der Waals surface area contributed by atoms with Gasteiger partial charge in [-0.3, -0.25) is 9.67 Å². The fourth-order valence-corrected chi connectivity index (χ4v) is 2.45. The minimum atomic E-state index is 0.0735. The Morgan fingerprint density at radius 3 is 2.68 bits per heavy atom. The van der Waals surface area contributed by atoms with Crippen molar-refractivity contribution in [3.8, 4) is 5.69 Å². The zero-order valence-electron chi connectivity index (χ0n) is 13.0. The molecule has 0 fully saturated rings. The number of para-hydroxylation sites is 1. The minimum Gasteiger partial charge on any atom is -0.302 e. The summed E-state index contributed by atoms with van der Waals surface area (Å²) < 4.78 is 2.16. The average Bonchev–Trinajstić information content (AvgIpc) is 3.12. The van der Waals surface area contributed by atoms with Crippen LogP contribution in [0.4, 0.5) is 0 Å². The molecule has 0 radical (unpaired) electrons. The summed E-state index contributed by atoms with van der Waals surface area (Å²) in [6, 6.07) is 10.3. The van der Waals surface area contributed by atoms with Gasteiger partial charge < -0.3 is 5.32 Å². The molecule has 0 saturated carbocycles. The van der Waals surface area contributed by atoms with Gasteiger partial charge in [-0.2, -0.15) is 5.10 Å². The highest BCUT2D eigenvalue weighted by Gasteiger charge is 2.13. The molecule has 3 rings (SSSR count). The van der Waals surface area contributed by atoms with Crippen molar-refractivity contribution in [1.29, 1.82) is 0 Å². The molecule has 3 aromatic rings. The first kappa shape index (κ1) is 14.5. The fraction of sp³-hybridized carbons (Fsp3) is 0.312. The molecule has 0 aliphatic heterocycles. The number of rotatable bonds is 5. The Morgan fingerprint density at radius 1 is 1.23 bits per heavy atom. The Labute approximate surface area is 129 Å². The van der Waals surface area contributed by atoms with E-state index in [0.717, 1.165) is 28.9 Å². The molecule has 0 aliphatic carbocycles. The highest BCUT2D eigenvalue weighted by Crippen LogP contribution is 2.15. The Morgan fingerprint density at radius 2 is 2.00 bits per heavy atom. The van der Waals surface area contributed by atoms with Crippen LogP contribution in [0, 0.1) is 13.8 Å². The third kappa shape index (κ3) is 2.92. The van der Waals surface area contributed by atoms with Gasteiger partial charge in [0.05, 0.1) is 17.9 Å². The van der Waals surface area contributed by atoms with E-state index in [0.29, 0.717) is 6.54 Å². The number of nitrogens with zero attached hydrogens (tertiary/aromatic N) is 4. The van der Waals surface area contributed by atoms with E-state index in [2.05, 4.69) is 49.1 Å². The fourth-order valence-electron chi connectivity index (χ4n) is 2.45. The van der Waals surface area contributed by atoms with Crippen molar-refractivity contribution in [3.05, 3.63) is 59.7 Å². The maximum atomic E-state index is 4.43. The van der Waals surface area contributed by atoms with Crippen molar-refractivity contribution in [2.45, 2.75) is 33.4 Å². The number of H-pyrrole nitrogens is 1. The summed E-state index contributed by atoms with van der Waals surface area (Å²) in [5.74, 6) is 2.58. The highest BCUT2D eigenvalue weighted by atomic mass is 15.2. The van der Waals surface area contributed by atoms with Crippen LogP contribution in [-0.2, 0) is 6.54 Å². The van der Waals surface area contributed by atoms with E-state index in [-0.39, 0.29) is 6.04 Å². The number of benzene rings is 1. The van der Waals surface area contributed by atoms with E-state index in [9.17, 15) is 0 Å². The van der Waals surface area contributed by atoms with Gasteiger partial charge in [0.15, 0.2) is 5.82 Å². The van der Waals surface area contributed by atoms with Crippen molar-refractivity contribution in [2.75, 3.05) is 0 Å². The van der Waals surface area contributed by atoms with Gasteiger partial charge in [-0.15, -0.1) is 0 Å². The highest BCUT2D eigenvalue weighted by molar-refractivity contribution is 5.35. The van der Waals surface area contributed by atoms with Crippen molar-refractivity contribution in [2.24, 2.45) is 0 Å². The summed E-state index contributed by atoms with van der Waals surface area (Å²) in [4.78, 5) is 8.79. The van der Waals surface area contributed by atoms with Crippen molar-refractivity contribution < 1.29 is 0 Å². The molecule has 0 amide bonds. The first-order chi connectivity index (χ1) is 10.6. The van der Waals surface area contributed by atoms with Crippen LogP contribution in [-0.4, -0.2) is 24.7 Å².